The van der Waals surface area contributed by atoms with Gasteiger partial charge in [-0.2, -0.15) is 5.10 Å². The molecule has 0 spiro atoms. The fourth-order valence-electron chi connectivity index (χ4n) is 1.16. The zero-order valence-corrected chi connectivity index (χ0v) is 10.3. The quantitative estimate of drug-likeness (QED) is 0.713. The highest BCUT2D eigenvalue weighted by Gasteiger charge is 2.17. The summed E-state index contributed by atoms with van der Waals surface area (Å²) in [6.07, 6.45) is 3.43. The van der Waals surface area contributed by atoms with Crippen molar-refractivity contribution >= 4 is 21.6 Å². The molecule has 0 atom stereocenters. The second kappa shape index (κ2) is 4.96. The molecule has 0 fully saturated rings. The zero-order chi connectivity index (χ0) is 11.5. The first-order valence-electron chi connectivity index (χ1n) is 4.43. The number of hydrogen-bond acceptors (Lipinski definition) is 3. The summed E-state index contributed by atoms with van der Waals surface area (Å²) in [6, 6.07) is 0. The maximum absolute atomic E-state index is 11.6. The molecule has 0 saturated carbocycles. The Labute approximate surface area is 94.7 Å². The molecule has 0 aliphatic rings. The van der Waals surface area contributed by atoms with E-state index in [1.807, 2.05) is 0 Å². The van der Waals surface area contributed by atoms with Gasteiger partial charge in [-0.25, -0.2) is 12.7 Å². The highest BCUT2D eigenvalue weighted by Crippen LogP contribution is 2.06. The summed E-state index contributed by atoms with van der Waals surface area (Å²) in [5, 5.41) is 3.97. The number of nitrogens with zero attached hydrogens (tertiary/aromatic N) is 3. The van der Waals surface area contributed by atoms with E-state index in [-0.39, 0.29) is 11.6 Å². The molecule has 5 nitrogen and oxygen atoms in total. The third-order valence-electron chi connectivity index (χ3n) is 1.97. The predicted molar refractivity (Wildman–Crippen MR) is 59.2 cm³/mol. The van der Waals surface area contributed by atoms with Gasteiger partial charge in [-0.3, -0.25) is 4.68 Å². The van der Waals surface area contributed by atoms with Crippen LogP contribution in [-0.2, 0) is 23.6 Å². The summed E-state index contributed by atoms with van der Waals surface area (Å²) in [5.41, 5.74) is 0.859. The Morgan fingerprint density at radius 1 is 1.60 bits per heavy atom. The molecule has 0 unspecified atom stereocenters. The summed E-state index contributed by atoms with van der Waals surface area (Å²) < 4.78 is 26.0. The van der Waals surface area contributed by atoms with Gasteiger partial charge >= 0.3 is 0 Å². The van der Waals surface area contributed by atoms with Gasteiger partial charge in [0.25, 0.3) is 0 Å². The van der Waals surface area contributed by atoms with Crippen molar-refractivity contribution in [2.75, 3.05) is 18.7 Å². The van der Waals surface area contributed by atoms with Crippen molar-refractivity contribution in [3.63, 3.8) is 0 Å². The first kappa shape index (κ1) is 12.5. The molecule has 0 saturated heterocycles. The molecule has 0 amide bonds. The van der Waals surface area contributed by atoms with Gasteiger partial charge in [0.1, 0.15) is 0 Å². The van der Waals surface area contributed by atoms with E-state index in [4.69, 9.17) is 11.6 Å². The van der Waals surface area contributed by atoms with Crippen molar-refractivity contribution in [3.05, 3.63) is 18.0 Å². The summed E-state index contributed by atoms with van der Waals surface area (Å²) in [5.74, 6) is 0.0744. The summed E-state index contributed by atoms with van der Waals surface area (Å²) in [4.78, 5) is 0. The number of sulfonamides is 1. The molecule has 1 aromatic rings. The molecule has 1 heterocycles. The number of hydrogen-bond donors (Lipinski definition) is 0. The molecule has 1 rings (SSSR count). The lowest BCUT2D eigenvalue weighted by molar-refractivity contribution is 0.468. The van der Waals surface area contributed by atoms with Crippen LogP contribution in [0.5, 0.6) is 0 Å². The molecular weight excluding hydrogens is 238 g/mol. The second-order valence-electron chi connectivity index (χ2n) is 3.28. The van der Waals surface area contributed by atoms with Crippen LogP contribution in [-0.4, -0.2) is 41.2 Å². The van der Waals surface area contributed by atoms with Crippen molar-refractivity contribution in [2.24, 2.45) is 7.05 Å². The number of alkyl halides is 1. The average Bonchev–Trinajstić information content (AvgIpc) is 2.51. The van der Waals surface area contributed by atoms with Gasteiger partial charge < -0.3 is 0 Å². The highest BCUT2D eigenvalue weighted by atomic mass is 35.5. The van der Waals surface area contributed by atoms with Crippen LogP contribution in [0.1, 0.15) is 5.56 Å². The van der Waals surface area contributed by atoms with Crippen LogP contribution >= 0.6 is 11.6 Å². The third kappa shape index (κ3) is 3.48. The second-order valence-corrected chi connectivity index (χ2v) is 5.86. The minimum atomic E-state index is -3.23. The first-order valence-corrected chi connectivity index (χ1v) is 6.57. The first-order chi connectivity index (χ1) is 6.95. The van der Waals surface area contributed by atoms with E-state index in [2.05, 4.69) is 5.10 Å². The maximum Gasteiger partial charge on any atom is 0.215 e. The Morgan fingerprint density at radius 3 is 2.73 bits per heavy atom. The van der Waals surface area contributed by atoms with Crippen LogP contribution in [0.15, 0.2) is 12.4 Å². The van der Waals surface area contributed by atoms with Gasteiger partial charge in [0.05, 0.1) is 11.9 Å². The van der Waals surface area contributed by atoms with Crippen molar-refractivity contribution in [2.45, 2.75) is 6.54 Å². The van der Waals surface area contributed by atoms with Gasteiger partial charge in [0.2, 0.25) is 10.0 Å². The van der Waals surface area contributed by atoms with E-state index >= 15 is 0 Å². The van der Waals surface area contributed by atoms with E-state index in [1.54, 1.807) is 24.1 Å². The molecule has 0 bridgehead atoms. The van der Waals surface area contributed by atoms with Crippen molar-refractivity contribution in [3.8, 4) is 0 Å². The minimum Gasteiger partial charge on any atom is -0.275 e. The van der Waals surface area contributed by atoms with Crippen LogP contribution in [0.3, 0.4) is 0 Å². The molecular formula is C8H14ClN3O2S. The summed E-state index contributed by atoms with van der Waals surface area (Å²) in [7, 11) is 0.0901. The van der Waals surface area contributed by atoms with Crippen LogP contribution in [0.2, 0.25) is 0 Å². The van der Waals surface area contributed by atoms with E-state index in [0.717, 1.165) is 5.56 Å². The largest absolute Gasteiger partial charge is 0.275 e. The van der Waals surface area contributed by atoms with Gasteiger partial charge in [-0.05, 0) is 0 Å². The fraction of sp³-hybridized carbons (Fsp3) is 0.625. The molecule has 86 valence electrons. The minimum absolute atomic E-state index is 0.0364. The van der Waals surface area contributed by atoms with Crippen LogP contribution < -0.4 is 0 Å². The average molecular weight is 252 g/mol. The lowest BCUT2D eigenvalue weighted by atomic mass is 10.4. The fourth-order valence-corrected chi connectivity index (χ4v) is 2.60. The smallest absolute Gasteiger partial charge is 0.215 e. The van der Waals surface area contributed by atoms with Crippen molar-refractivity contribution in [1.82, 2.24) is 14.1 Å². The highest BCUT2D eigenvalue weighted by molar-refractivity contribution is 7.89. The topological polar surface area (TPSA) is 55.2 Å². The molecule has 0 aliphatic carbocycles. The summed E-state index contributed by atoms with van der Waals surface area (Å²) >= 11 is 5.41. The third-order valence-corrected chi connectivity index (χ3v) is 4.19. The van der Waals surface area contributed by atoms with Crippen LogP contribution in [0, 0.1) is 0 Å². The van der Waals surface area contributed by atoms with Gasteiger partial charge in [-0.15, -0.1) is 11.6 Å². The Kier molecular flexibility index (Phi) is 4.12. The Balaban J connectivity index is 2.67. The zero-order valence-electron chi connectivity index (χ0n) is 8.72. The van der Waals surface area contributed by atoms with Crippen molar-refractivity contribution in [1.29, 1.82) is 0 Å². The monoisotopic (exact) mass is 251 g/mol. The summed E-state index contributed by atoms with van der Waals surface area (Å²) in [6.45, 7) is 0.326. The van der Waals surface area contributed by atoms with E-state index in [1.165, 1.54) is 11.4 Å². The SMILES string of the molecule is CN(Cc1cnn(C)c1)S(=O)(=O)CCCl. The molecule has 0 aromatic carbocycles. The number of aromatic nitrogens is 2. The van der Waals surface area contributed by atoms with Crippen LogP contribution in [0.4, 0.5) is 0 Å². The van der Waals surface area contributed by atoms with Gasteiger partial charge in [0.15, 0.2) is 0 Å². The van der Waals surface area contributed by atoms with Crippen molar-refractivity contribution < 1.29 is 8.42 Å². The normalized spacial score (nSPS) is 12.3. The molecule has 1 aromatic heterocycles. The van der Waals surface area contributed by atoms with Gasteiger partial charge in [0, 0.05) is 38.3 Å². The molecule has 0 radical (unpaired) electrons. The number of rotatable bonds is 5. The van der Waals surface area contributed by atoms with Crippen LogP contribution in [0.25, 0.3) is 0 Å². The Morgan fingerprint density at radius 2 is 2.27 bits per heavy atom. The van der Waals surface area contributed by atoms with Gasteiger partial charge in [-0.1, -0.05) is 0 Å². The lowest BCUT2D eigenvalue weighted by Gasteiger charge is -2.14. The Bertz CT molecular complexity index is 415. The molecule has 7 heteroatoms. The molecule has 15 heavy (non-hydrogen) atoms. The van der Waals surface area contributed by atoms with E-state index in [0.29, 0.717) is 6.54 Å². The maximum atomic E-state index is 11.6. The number of aryl methyl sites for hydroxylation is 1. The Hall–Kier alpha value is -0.590. The number of halogens is 1. The molecule has 0 N–H and O–H groups in total. The predicted octanol–water partition coefficient (Wildman–Crippen LogP) is 0.420. The molecule has 0 aliphatic heterocycles. The van der Waals surface area contributed by atoms with E-state index in [9.17, 15) is 8.42 Å². The lowest BCUT2D eigenvalue weighted by Crippen LogP contribution is -2.29. The van der Waals surface area contributed by atoms with E-state index < -0.39 is 10.0 Å². The standard InChI is InChI=1S/C8H14ClN3O2S/c1-11-6-8(5-10-11)7-12(2)15(13,14)4-3-9/h5-6H,3-4,7H2,1-2H3.